The van der Waals surface area contributed by atoms with Crippen molar-refractivity contribution in [3.63, 3.8) is 0 Å². The highest BCUT2D eigenvalue weighted by Gasteiger charge is 2.14. The molecule has 0 bridgehead atoms. The van der Waals surface area contributed by atoms with Gasteiger partial charge >= 0.3 is 0 Å². The van der Waals surface area contributed by atoms with E-state index in [0.29, 0.717) is 11.8 Å². The van der Waals surface area contributed by atoms with Gasteiger partial charge in [-0.3, -0.25) is 4.79 Å². The van der Waals surface area contributed by atoms with Crippen LogP contribution in [0.25, 0.3) is 20.9 Å². The average molecular weight is 367 g/mol. The highest BCUT2D eigenvalue weighted by Crippen LogP contribution is 2.37. The van der Waals surface area contributed by atoms with Crippen LogP contribution < -0.4 is 4.90 Å². The average Bonchev–Trinajstić information content (AvgIpc) is 3.36. The molecule has 0 saturated carbocycles. The predicted octanol–water partition coefficient (Wildman–Crippen LogP) is 5.34. The van der Waals surface area contributed by atoms with Crippen molar-refractivity contribution in [2.45, 2.75) is 12.8 Å². The lowest BCUT2D eigenvalue weighted by Gasteiger charge is -2.17. The van der Waals surface area contributed by atoms with Gasteiger partial charge in [-0.2, -0.15) is 0 Å². The van der Waals surface area contributed by atoms with Gasteiger partial charge in [-0.05, 0) is 60.4 Å². The maximum atomic E-state index is 13.8. The third kappa shape index (κ3) is 3.10. The van der Waals surface area contributed by atoms with Crippen molar-refractivity contribution in [3.05, 3.63) is 59.9 Å². The van der Waals surface area contributed by atoms with E-state index in [9.17, 15) is 14.3 Å². The SMILES string of the molecule is O=Cc1cc(-c2ccc(-c3ccc(N4CCCC4)cc3)s2)cc(F)c1O. The molecule has 1 fully saturated rings. The monoisotopic (exact) mass is 367 g/mol. The second-order valence-corrected chi connectivity index (χ2v) is 7.50. The van der Waals surface area contributed by atoms with E-state index in [-0.39, 0.29) is 5.56 Å². The summed E-state index contributed by atoms with van der Waals surface area (Å²) in [7, 11) is 0. The maximum Gasteiger partial charge on any atom is 0.166 e. The van der Waals surface area contributed by atoms with Crippen LogP contribution in [0.3, 0.4) is 0 Å². The molecule has 1 aliphatic rings. The molecule has 0 amide bonds. The molecule has 5 heteroatoms. The molecule has 0 spiro atoms. The van der Waals surface area contributed by atoms with Crippen LogP contribution in [-0.4, -0.2) is 24.5 Å². The molecular weight excluding hydrogens is 349 g/mol. The molecule has 2 heterocycles. The number of carbonyl (C=O) groups is 1. The minimum absolute atomic E-state index is 0.0371. The molecule has 1 aliphatic heterocycles. The molecule has 0 unspecified atom stereocenters. The zero-order valence-electron chi connectivity index (χ0n) is 14.1. The Bertz CT molecular complexity index is 943. The Labute approximate surface area is 155 Å². The van der Waals surface area contributed by atoms with E-state index in [0.717, 1.165) is 28.4 Å². The molecule has 0 aliphatic carbocycles. The number of benzene rings is 2. The van der Waals surface area contributed by atoms with Gasteiger partial charge in [-0.25, -0.2) is 4.39 Å². The number of carbonyl (C=O) groups excluding carboxylic acids is 1. The summed E-state index contributed by atoms with van der Waals surface area (Å²) in [6, 6.07) is 15.2. The Morgan fingerprint density at radius 2 is 1.62 bits per heavy atom. The molecule has 0 radical (unpaired) electrons. The topological polar surface area (TPSA) is 40.5 Å². The van der Waals surface area contributed by atoms with Gasteiger partial charge in [-0.1, -0.05) is 12.1 Å². The van der Waals surface area contributed by atoms with E-state index < -0.39 is 11.6 Å². The Balaban J connectivity index is 1.62. The molecule has 132 valence electrons. The molecular formula is C21H18FNO2S. The van der Waals surface area contributed by atoms with Crippen LogP contribution in [0.15, 0.2) is 48.5 Å². The Morgan fingerprint density at radius 3 is 2.27 bits per heavy atom. The third-order valence-corrected chi connectivity index (χ3v) is 5.92. The van der Waals surface area contributed by atoms with Gasteiger partial charge in [0.25, 0.3) is 0 Å². The number of aromatic hydroxyl groups is 1. The Kier molecular flexibility index (Phi) is 4.47. The molecule has 26 heavy (non-hydrogen) atoms. The maximum absolute atomic E-state index is 13.8. The van der Waals surface area contributed by atoms with Crippen LogP contribution in [0.1, 0.15) is 23.2 Å². The summed E-state index contributed by atoms with van der Waals surface area (Å²) in [5.41, 5.74) is 2.91. The fourth-order valence-electron chi connectivity index (χ4n) is 3.31. The lowest BCUT2D eigenvalue weighted by Crippen LogP contribution is -2.17. The Morgan fingerprint density at radius 1 is 0.962 bits per heavy atom. The summed E-state index contributed by atoms with van der Waals surface area (Å²) < 4.78 is 13.8. The van der Waals surface area contributed by atoms with E-state index in [1.807, 2.05) is 12.1 Å². The summed E-state index contributed by atoms with van der Waals surface area (Å²) in [6.45, 7) is 2.24. The van der Waals surface area contributed by atoms with Gasteiger partial charge in [0.1, 0.15) is 0 Å². The van der Waals surface area contributed by atoms with Gasteiger partial charge < -0.3 is 10.0 Å². The second-order valence-electron chi connectivity index (χ2n) is 6.42. The number of nitrogens with zero attached hydrogens (tertiary/aromatic N) is 1. The molecule has 0 atom stereocenters. The first-order chi connectivity index (χ1) is 12.7. The molecule has 1 saturated heterocycles. The van der Waals surface area contributed by atoms with Gasteiger partial charge in [0.2, 0.25) is 0 Å². The smallest absolute Gasteiger partial charge is 0.166 e. The van der Waals surface area contributed by atoms with E-state index in [1.165, 1.54) is 42.0 Å². The first-order valence-corrected chi connectivity index (χ1v) is 9.40. The van der Waals surface area contributed by atoms with Crippen LogP contribution in [-0.2, 0) is 0 Å². The molecule has 4 rings (SSSR count). The van der Waals surface area contributed by atoms with Crippen molar-refractivity contribution in [1.29, 1.82) is 0 Å². The van der Waals surface area contributed by atoms with Crippen molar-refractivity contribution in [2.75, 3.05) is 18.0 Å². The summed E-state index contributed by atoms with van der Waals surface area (Å²) in [4.78, 5) is 15.3. The number of aldehydes is 1. The van der Waals surface area contributed by atoms with Gasteiger partial charge in [-0.15, -0.1) is 11.3 Å². The zero-order valence-corrected chi connectivity index (χ0v) is 14.9. The quantitative estimate of drug-likeness (QED) is 0.633. The zero-order chi connectivity index (χ0) is 18.1. The number of anilines is 1. The third-order valence-electron chi connectivity index (χ3n) is 4.73. The summed E-state index contributed by atoms with van der Waals surface area (Å²) >= 11 is 1.53. The lowest BCUT2D eigenvalue weighted by molar-refractivity contribution is 0.112. The van der Waals surface area contributed by atoms with Crippen molar-refractivity contribution >= 4 is 23.3 Å². The van der Waals surface area contributed by atoms with E-state index >= 15 is 0 Å². The first-order valence-electron chi connectivity index (χ1n) is 8.59. The van der Waals surface area contributed by atoms with Crippen molar-refractivity contribution in [1.82, 2.24) is 0 Å². The van der Waals surface area contributed by atoms with Gasteiger partial charge in [0.15, 0.2) is 17.9 Å². The normalized spacial score (nSPS) is 14.0. The van der Waals surface area contributed by atoms with Gasteiger partial charge in [0.05, 0.1) is 5.56 Å². The standard InChI is InChI=1S/C21H18FNO2S/c22-18-12-15(11-16(13-24)21(18)25)20-8-7-19(26-20)14-3-5-17(6-4-14)23-9-1-2-10-23/h3-8,11-13,25H,1-2,9-10H2. The highest BCUT2D eigenvalue weighted by molar-refractivity contribution is 7.18. The minimum atomic E-state index is -0.783. The van der Waals surface area contributed by atoms with Crippen LogP contribution in [0, 0.1) is 5.82 Å². The number of phenols is 1. The number of phenolic OH excluding ortho intramolecular Hbond substituents is 1. The first kappa shape index (κ1) is 16.8. The number of hydrogen-bond donors (Lipinski definition) is 1. The molecule has 3 aromatic rings. The van der Waals surface area contributed by atoms with E-state index in [4.69, 9.17) is 0 Å². The Hall–Kier alpha value is -2.66. The predicted molar refractivity (Wildman–Crippen MR) is 104 cm³/mol. The fraction of sp³-hybridized carbons (Fsp3) is 0.190. The summed E-state index contributed by atoms with van der Waals surface area (Å²) in [5, 5.41) is 9.56. The number of halogens is 1. The number of thiophene rings is 1. The van der Waals surface area contributed by atoms with Crippen LogP contribution in [0.2, 0.25) is 0 Å². The minimum Gasteiger partial charge on any atom is -0.504 e. The van der Waals surface area contributed by atoms with Crippen LogP contribution in [0.5, 0.6) is 5.75 Å². The van der Waals surface area contributed by atoms with Crippen LogP contribution in [0.4, 0.5) is 10.1 Å². The second kappa shape index (κ2) is 6.92. The largest absolute Gasteiger partial charge is 0.504 e. The summed E-state index contributed by atoms with van der Waals surface area (Å²) in [5.74, 6) is -1.38. The lowest BCUT2D eigenvalue weighted by atomic mass is 10.1. The molecule has 1 aromatic heterocycles. The number of hydrogen-bond acceptors (Lipinski definition) is 4. The summed E-state index contributed by atoms with van der Waals surface area (Å²) in [6.07, 6.45) is 2.97. The van der Waals surface area contributed by atoms with Crippen molar-refractivity contribution < 1.29 is 14.3 Å². The van der Waals surface area contributed by atoms with E-state index in [1.54, 1.807) is 0 Å². The van der Waals surface area contributed by atoms with Crippen LogP contribution >= 0.6 is 11.3 Å². The fourth-order valence-corrected chi connectivity index (χ4v) is 4.31. The molecule has 2 aromatic carbocycles. The van der Waals surface area contributed by atoms with Crippen molar-refractivity contribution in [2.24, 2.45) is 0 Å². The highest BCUT2D eigenvalue weighted by atomic mass is 32.1. The van der Waals surface area contributed by atoms with E-state index in [2.05, 4.69) is 29.2 Å². The van der Waals surface area contributed by atoms with Crippen molar-refractivity contribution in [3.8, 4) is 26.6 Å². The van der Waals surface area contributed by atoms with Gasteiger partial charge in [0, 0.05) is 28.5 Å². The molecule has 3 nitrogen and oxygen atoms in total. The molecule has 1 N–H and O–H groups in total. The number of rotatable bonds is 4.